The molecule has 1 heterocycles. The van der Waals surface area contributed by atoms with Gasteiger partial charge in [0.15, 0.2) is 0 Å². The summed E-state index contributed by atoms with van der Waals surface area (Å²) in [6.07, 6.45) is 1.72. The smallest absolute Gasteiger partial charge is 0.272 e. The summed E-state index contributed by atoms with van der Waals surface area (Å²) in [5.74, 6) is -0.420. The van der Waals surface area contributed by atoms with Crippen LogP contribution in [-0.2, 0) is 17.1 Å². The second kappa shape index (κ2) is 5.80. The number of halogens is 2. The number of aromatic nitrogens is 1. The summed E-state index contributed by atoms with van der Waals surface area (Å²) in [6, 6.07) is 5.48. The third-order valence-corrected chi connectivity index (χ3v) is 4.39. The lowest BCUT2D eigenvalue weighted by atomic mass is 10.3. The third-order valence-electron chi connectivity index (χ3n) is 2.72. The minimum atomic E-state index is -3.87. The number of nitrogens with two attached hydrogens (primary N) is 1. The largest absolute Gasteiger partial charge is 0.345 e. The molecule has 0 aliphatic carbocycles. The molecule has 21 heavy (non-hydrogen) atoms. The van der Waals surface area contributed by atoms with E-state index in [1.54, 1.807) is 23.9 Å². The van der Waals surface area contributed by atoms with Crippen molar-refractivity contribution < 1.29 is 13.2 Å². The first-order chi connectivity index (χ1) is 9.68. The van der Waals surface area contributed by atoms with Gasteiger partial charge in [-0.25, -0.2) is 13.6 Å². The van der Waals surface area contributed by atoms with Crippen molar-refractivity contribution >= 4 is 49.1 Å². The molecule has 0 spiro atoms. The molecule has 0 saturated carbocycles. The van der Waals surface area contributed by atoms with Crippen molar-refractivity contribution in [3.8, 4) is 0 Å². The molecule has 2 aromatic rings. The molecular weight excluding hydrogens is 382 g/mol. The maximum absolute atomic E-state index is 12.2. The number of primary sulfonamides is 1. The quantitative estimate of drug-likeness (QED) is 0.839. The highest BCUT2D eigenvalue weighted by Gasteiger charge is 2.15. The maximum atomic E-state index is 12.2. The first kappa shape index (κ1) is 16.0. The van der Waals surface area contributed by atoms with Gasteiger partial charge >= 0.3 is 0 Å². The predicted molar refractivity (Wildman–Crippen MR) is 83.9 cm³/mol. The Morgan fingerprint density at radius 1 is 1.38 bits per heavy atom. The number of carbonyl (C=O) groups excluding carboxylic acids is 1. The lowest BCUT2D eigenvalue weighted by Gasteiger charge is -2.09. The summed E-state index contributed by atoms with van der Waals surface area (Å²) >= 11 is 9.22. The Morgan fingerprint density at radius 2 is 2.05 bits per heavy atom. The topological polar surface area (TPSA) is 94.2 Å². The summed E-state index contributed by atoms with van der Waals surface area (Å²) < 4.78 is 25.0. The van der Waals surface area contributed by atoms with Crippen molar-refractivity contribution in [2.45, 2.75) is 4.90 Å². The van der Waals surface area contributed by atoms with Gasteiger partial charge in [-0.2, -0.15) is 0 Å². The van der Waals surface area contributed by atoms with Crippen LogP contribution in [-0.4, -0.2) is 18.9 Å². The van der Waals surface area contributed by atoms with Gasteiger partial charge in [0.05, 0.1) is 15.6 Å². The summed E-state index contributed by atoms with van der Waals surface area (Å²) in [5, 5.41) is 7.82. The molecule has 1 aromatic carbocycles. The van der Waals surface area contributed by atoms with Crippen LogP contribution >= 0.6 is 27.5 Å². The highest BCUT2D eigenvalue weighted by Crippen LogP contribution is 2.25. The molecule has 112 valence electrons. The highest BCUT2D eigenvalue weighted by atomic mass is 79.9. The molecule has 2 rings (SSSR count). The van der Waals surface area contributed by atoms with E-state index in [-0.39, 0.29) is 15.6 Å². The molecule has 0 fully saturated rings. The van der Waals surface area contributed by atoms with E-state index in [9.17, 15) is 13.2 Å². The van der Waals surface area contributed by atoms with Crippen LogP contribution in [0.15, 0.2) is 39.8 Å². The van der Waals surface area contributed by atoms with Gasteiger partial charge in [0.2, 0.25) is 10.0 Å². The van der Waals surface area contributed by atoms with Gasteiger partial charge in [-0.05, 0) is 40.2 Å². The number of hydrogen-bond donors (Lipinski definition) is 2. The number of amides is 1. The first-order valence-electron chi connectivity index (χ1n) is 5.64. The number of anilines is 1. The zero-order valence-corrected chi connectivity index (χ0v) is 14.0. The molecule has 3 N–H and O–H groups in total. The molecule has 1 aromatic heterocycles. The Bertz CT molecular complexity index is 817. The van der Waals surface area contributed by atoms with Crippen molar-refractivity contribution in [2.75, 3.05) is 5.32 Å². The average molecular weight is 393 g/mol. The summed E-state index contributed by atoms with van der Waals surface area (Å²) in [7, 11) is -2.16. The van der Waals surface area contributed by atoms with Crippen LogP contribution < -0.4 is 10.5 Å². The normalized spacial score (nSPS) is 11.4. The molecular formula is C12H11BrClN3O3S. The third kappa shape index (κ3) is 3.65. The number of nitrogens with zero attached hydrogens (tertiary/aromatic N) is 1. The molecule has 1 amide bonds. The molecule has 0 aliphatic rings. The number of aryl methyl sites for hydroxylation is 1. The van der Waals surface area contributed by atoms with Crippen LogP contribution in [0.3, 0.4) is 0 Å². The second-order valence-electron chi connectivity index (χ2n) is 4.30. The van der Waals surface area contributed by atoms with Gasteiger partial charge in [0.25, 0.3) is 5.91 Å². The number of sulfonamides is 1. The highest BCUT2D eigenvalue weighted by molar-refractivity contribution is 9.10. The lowest BCUT2D eigenvalue weighted by molar-refractivity contribution is 0.101. The number of carbonyl (C=O) groups is 1. The van der Waals surface area contributed by atoms with Crippen LogP contribution in [0.2, 0.25) is 5.02 Å². The van der Waals surface area contributed by atoms with Crippen molar-refractivity contribution in [3.63, 3.8) is 0 Å². The molecule has 9 heteroatoms. The van der Waals surface area contributed by atoms with E-state index >= 15 is 0 Å². The van der Waals surface area contributed by atoms with Crippen LogP contribution in [0.25, 0.3) is 0 Å². The van der Waals surface area contributed by atoms with E-state index in [4.69, 9.17) is 16.7 Å². The fourth-order valence-electron chi connectivity index (χ4n) is 1.71. The van der Waals surface area contributed by atoms with Crippen LogP contribution in [0, 0.1) is 0 Å². The second-order valence-corrected chi connectivity index (χ2v) is 7.18. The number of rotatable bonds is 3. The zero-order valence-electron chi connectivity index (χ0n) is 10.8. The Balaban J connectivity index is 2.35. The van der Waals surface area contributed by atoms with Crippen LogP contribution in [0.5, 0.6) is 0 Å². The van der Waals surface area contributed by atoms with Gasteiger partial charge in [-0.3, -0.25) is 4.79 Å². The van der Waals surface area contributed by atoms with E-state index < -0.39 is 15.9 Å². The molecule has 0 saturated heterocycles. The Morgan fingerprint density at radius 3 is 2.57 bits per heavy atom. The fraction of sp³-hybridized carbons (Fsp3) is 0.0833. The van der Waals surface area contributed by atoms with Gasteiger partial charge in [0.1, 0.15) is 5.69 Å². The molecule has 0 radical (unpaired) electrons. The standard InChI is InChI=1S/C12H11BrClN3O3S/c1-17-6-7(13)4-11(17)12(18)16-10-5-8(21(15,19)20)2-3-9(10)14/h2-6H,1H3,(H,16,18)(H2,15,19,20). The summed E-state index contributed by atoms with van der Waals surface area (Å²) in [5.41, 5.74) is 0.560. The Kier molecular flexibility index (Phi) is 4.43. The SMILES string of the molecule is Cn1cc(Br)cc1C(=O)Nc1cc(S(N)(=O)=O)ccc1Cl. The maximum Gasteiger partial charge on any atom is 0.272 e. The van der Waals surface area contributed by atoms with Crippen molar-refractivity contribution in [1.29, 1.82) is 0 Å². The van der Waals surface area contributed by atoms with E-state index in [0.29, 0.717) is 5.69 Å². The van der Waals surface area contributed by atoms with Gasteiger partial charge in [-0.1, -0.05) is 11.6 Å². The molecule has 6 nitrogen and oxygen atoms in total. The monoisotopic (exact) mass is 391 g/mol. The average Bonchev–Trinajstić information content (AvgIpc) is 2.70. The molecule has 0 bridgehead atoms. The number of nitrogens with one attached hydrogen (secondary N) is 1. The summed E-state index contributed by atoms with van der Waals surface area (Å²) in [6.45, 7) is 0. The first-order valence-corrected chi connectivity index (χ1v) is 8.36. The van der Waals surface area contributed by atoms with Crippen molar-refractivity contribution in [3.05, 3.63) is 45.7 Å². The van der Waals surface area contributed by atoms with Crippen LogP contribution in [0.1, 0.15) is 10.5 Å². The van der Waals surface area contributed by atoms with E-state index in [1.807, 2.05) is 0 Å². The Hall–Kier alpha value is -1.35. The lowest BCUT2D eigenvalue weighted by Crippen LogP contribution is -2.17. The Labute approximate surface area is 135 Å². The minimum Gasteiger partial charge on any atom is -0.345 e. The van der Waals surface area contributed by atoms with E-state index in [2.05, 4.69) is 21.2 Å². The van der Waals surface area contributed by atoms with E-state index in [1.165, 1.54) is 18.2 Å². The minimum absolute atomic E-state index is 0.129. The molecule has 0 aliphatic heterocycles. The van der Waals surface area contributed by atoms with Gasteiger partial charge in [0, 0.05) is 17.7 Å². The zero-order chi connectivity index (χ0) is 15.8. The predicted octanol–water partition coefficient (Wildman–Crippen LogP) is 2.34. The number of benzene rings is 1. The fourth-order valence-corrected chi connectivity index (χ4v) is 2.94. The molecule has 0 unspecified atom stereocenters. The van der Waals surface area contributed by atoms with Crippen molar-refractivity contribution in [1.82, 2.24) is 4.57 Å². The van der Waals surface area contributed by atoms with E-state index in [0.717, 1.165) is 4.47 Å². The number of hydrogen-bond acceptors (Lipinski definition) is 3. The van der Waals surface area contributed by atoms with Gasteiger partial charge in [-0.15, -0.1) is 0 Å². The summed E-state index contributed by atoms with van der Waals surface area (Å²) in [4.78, 5) is 12.0. The van der Waals surface area contributed by atoms with Crippen molar-refractivity contribution in [2.24, 2.45) is 12.2 Å². The molecule has 0 atom stereocenters. The van der Waals surface area contributed by atoms with Gasteiger partial charge < -0.3 is 9.88 Å². The van der Waals surface area contributed by atoms with Crippen LogP contribution in [0.4, 0.5) is 5.69 Å².